The monoisotopic (exact) mass is 342 g/mol. The van der Waals surface area contributed by atoms with Crippen LogP contribution < -0.4 is 11.2 Å². The van der Waals surface area contributed by atoms with Gasteiger partial charge in [0.2, 0.25) is 0 Å². The molecule has 0 unspecified atom stereocenters. The normalized spacial score (nSPS) is 22.3. The second kappa shape index (κ2) is 6.18. The van der Waals surface area contributed by atoms with Crippen molar-refractivity contribution < 1.29 is 13.6 Å². The minimum atomic E-state index is -1.96. The lowest BCUT2D eigenvalue weighted by Gasteiger charge is -2.36. The number of rotatable bonds is 4. The van der Waals surface area contributed by atoms with E-state index in [2.05, 4.69) is 38.8 Å². The Morgan fingerprint density at radius 1 is 1.39 bits per heavy atom. The van der Waals surface area contributed by atoms with Crippen molar-refractivity contribution in [3.05, 3.63) is 45.0 Å². The Bertz CT molecular complexity index is 717. The van der Waals surface area contributed by atoms with Gasteiger partial charge < -0.3 is 9.16 Å². The van der Waals surface area contributed by atoms with Gasteiger partial charge >= 0.3 is 5.69 Å². The van der Waals surface area contributed by atoms with E-state index in [0.717, 1.165) is 10.6 Å². The van der Waals surface area contributed by atoms with Crippen molar-refractivity contribution in [1.29, 1.82) is 0 Å². The molecule has 128 valence electrons. The van der Waals surface area contributed by atoms with Crippen LogP contribution in [0.15, 0.2) is 33.8 Å². The predicted octanol–water partition coefficient (Wildman–Crippen LogP) is 2.31. The molecule has 1 N–H and O–H groups in total. The number of halogens is 1. The molecule has 8 heteroatoms. The van der Waals surface area contributed by atoms with Crippen LogP contribution in [0.2, 0.25) is 18.1 Å². The van der Waals surface area contributed by atoms with Gasteiger partial charge in [-0.05, 0) is 24.2 Å². The summed E-state index contributed by atoms with van der Waals surface area (Å²) in [4.78, 5) is 24.9. The molecule has 1 aromatic rings. The van der Waals surface area contributed by atoms with Gasteiger partial charge in [0.1, 0.15) is 11.9 Å². The fourth-order valence-electron chi connectivity index (χ4n) is 1.93. The number of aromatic nitrogens is 2. The predicted molar refractivity (Wildman–Crippen MR) is 87.6 cm³/mol. The molecule has 0 amide bonds. The van der Waals surface area contributed by atoms with Gasteiger partial charge in [-0.25, -0.2) is 9.18 Å². The van der Waals surface area contributed by atoms with E-state index in [4.69, 9.17) is 9.16 Å². The maximum Gasteiger partial charge on any atom is 0.330 e. The van der Waals surface area contributed by atoms with Gasteiger partial charge in [-0.3, -0.25) is 14.3 Å². The van der Waals surface area contributed by atoms with Gasteiger partial charge in [-0.15, -0.1) is 0 Å². The second-order valence-corrected chi connectivity index (χ2v) is 12.0. The molecule has 0 radical (unpaired) electrons. The van der Waals surface area contributed by atoms with Crippen molar-refractivity contribution in [2.75, 3.05) is 6.61 Å². The van der Waals surface area contributed by atoms with Crippen LogP contribution in [-0.4, -0.2) is 30.6 Å². The first kappa shape index (κ1) is 17.8. The van der Waals surface area contributed by atoms with Gasteiger partial charge in [0.05, 0.1) is 6.61 Å². The number of H-pyrrole nitrogens is 1. The second-order valence-electron chi connectivity index (χ2n) is 7.17. The average molecular weight is 342 g/mol. The highest BCUT2D eigenvalue weighted by atomic mass is 28.4. The zero-order valence-electron chi connectivity index (χ0n) is 14.1. The van der Waals surface area contributed by atoms with Crippen LogP contribution in [0.4, 0.5) is 4.39 Å². The zero-order valence-corrected chi connectivity index (χ0v) is 15.1. The standard InChI is InChI=1S/C15H23FN2O4Si/c1-15(2,3)23(4,5)21-9-10-8-11(16)13(22-10)18-7-6-12(19)17-14(18)20/h6-8,10,13H,9H2,1-5H3,(H,17,19,20)/t10-,13+/m1/s1. The third-order valence-electron chi connectivity index (χ3n) is 4.40. The maximum atomic E-state index is 14.1. The molecule has 0 spiro atoms. The minimum absolute atomic E-state index is 0.0448. The largest absolute Gasteiger partial charge is 0.414 e. The molecular weight excluding hydrogens is 319 g/mol. The lowest BCUT2D eigenvalue weighted by Crippen LogP contribution is -2.42. The Balaban J connectivity index is 2.08. The molecule has 0 fully saturated rings. The molecule has 23 heavy (non-hydrogen) atoms. The molecular formula is C15H23FN2O4Si. The van der Waals surface area contributed by atoms with Gasteiger partial charge in [-0.2, -0.15) is 0 Å². The van der Waals surface area contributed by atoms with Gasteiger partial charge in [0.25, 0.3) is 5.56 Å². The van der Waals surface area contributed by atoms with E-state index in [-0.39, 0.29) is 11.6 Å². The highest BCUT2D eigenvalue weighted by molar-refractivity contribution is 6.74. The maximum absolute atomic E-state index is 14.1. The Kier molecular flexibility index (Phi) is 4.79. The van der Waals surface area contributed by atoms with Crippen molar-refractivity contribution in [3.63, 3.8) is 0 Å². The van der Waals surface area contributed by atoms with Gasteiger partial charge in [-0.1, -0.05) is 20.8 Å². The van der Waals surface area contributed by atoms with E-state index in [0.29, 0.717) is 0 Å². The zero-order chi connectivity index (χ0) is 17.4. The molecule has 0 aliphatic carbocycles. The van der Waals surface area contributed by atoms with Crippen LogP contribution in [0.1, 0.15) is 27.0 Å². The summed E-state index contributed by atoms with van der Waals surface area (Å²) < 4.78 is 26.7. The first-order chi connectivity index (χ1) is 10.5. The lowest BCUT2D eigenvalue weighted by molar-refractivity contribution is -0.0192. The third-order valence-corrected chi connectivity index (χ3v) is 8.90. The van der Waals surface area contributed by atoms with Crippen molar-refractivity contribution in [1.82, 2.24) is 9.55 Å². The fraction of sp³-hybridized carbons (Fsp3) is 0.600. The van der Waals surface area contributed by atoms with Crippen LogP contribution >= 0.6 is 0 Å². The number of nitrogens with zero attached hydrogens (tertiary/aromatic N) is 1. The molecule has 2 rings (SSSR count). The first-order valence-electron chi connectivity index (χ1n) is 7.49. The van der Waals surface area contributed by atoms with E-state index in [1.807, 2.05) is 0 Å². The van der Waals surface area contributed by atoms with Crippen LogP contribution in [-0.2, 0) is 9.16 Å². The molecule has 2 atom stereocenters. The summed E-state index contributed by atoms with van der Waals surface area (Å²) >= 11 is 0. The fourth-order valence-corrected chi connectivity index (χ4v) is 2.95. The molecule has 0 saturated carbocycles. The summed E-state index contributed by atoms with van der Waals surface area (Å²) in [5, 5.41) is 0.0448. The van der Waals surface area contributed by atoms with E-state index in [1.165, 1.54) is 12.3 Å². The lowest BCUT2D eigenvalue weighted by atomic mass is 10.2. The number of aromatic amines is 1. The van der Waals surface area contributed by atoms with Gasteiger partial charge in [0, 0.05) is 12.3 Å². The summed E-state index contributed by atoms with van der Waals surface area (Å²) in [6.45, 7) is 10.8. The first-order valence-corrected chi connectivity index (χ1v) is 10.4. The topological polar surface area (TPSA) is 73.3 Å². The van der Waals surface area contributed by atoms with Crippen molar-refractivity contribution in [2.24, 2.45) is 0 Å². The molecule has 2 heterocycles. The third kappa shape index (κ3) is 3.88. The Hall–Kier alpha value is -1.51. The molecule has 0 bridgehead atoms. The number of hydrogen-bond donors (Lipinski definition) is 1. The highest BCUT2D eigenvalue weighted by Gasteiger charge is 2.39. The molecule has 0 saturated heterocycles. The highest BCUT2D eigenvalue weighted by Crippen LogP contribution is 2.37. The Morgan fingerprint density at radius 3 is 2.61 bits per heavy atom. The summed E-state index contributed by atoms with van der Waals surface area (Å²) in [5.74, 6) is -0.567. The van der Waals surface area contributed by atoms with E-state index < -0.39 is 37.7 Å². The Labute approximate surface area is 135 Å². The SMILES string of the molecule is CC(C)(C)[Si](C)(C)OC[C@H]1C=C(F)[C@@H](n2ccc(=O)[nH]c2=O)O1. The summed E-state index contributed by atoms with van der Waals surface area (Å²) in [5.41, 5.74) is -1.25. The minimum Gasteiger partial charge on any atom is -0.414 e. The quantitative estimate of drug-likeness (QED) is 0.852. The average Bonchev–Trinajstić information content (AvgIpc) is 2.76. The Morgan fingerprint density at radius 2 is 2.04 bits per heavy atom. The number of nitrogens with one attached hydrogen (secondary N) is 1. The van der Waals surface area contributed by atoms with Crippen LogP contribution in [0.5, 0.6) is 0 Å². The van der Waals surface area contributed by atoms with Crippen molar-refractivity contribution >= 4 is 8.32 Å². The summed E-state index contributed by atoms with van der Waals surface area (Å²) in [6.07, 6.45) is 0.811. The molecule has 6 nitrogen and oxygen atoms in total. The van der Waals surface area contributed by atoms with E-state index in [9.17, 15) is 14.0 Å². The van der Waals surface area contributed by atoms with Crippen molar-refractivity contribution in [3.8, 4) is 0 Å². The van der Waals surface area contributed by atoms with Crippen LogP contribution in [0.3, 0.4) is 0 Å². The van der Waals surface area contributed by atoms with Gasteiger partial charge in [0.15, 0.2) is 14.5 Å². The molecule has 0 aromatic carbocycles. The van der Waals surface area contributed by atoms with E-state index in [1.54, 1.807) is 0 Å². The molecule has 1 aliphatic heterocycles. The molecule has 1 aromatic heterocycles. The number of ether oxygens (including phenoxy) is 1. The summed E-state index contributed by atoms with van der Waals surface area (Å²) in [6, 6.07) is 1.15. The van der Waals surface area contributed by atoms with E-state index >= 15 is 0 Å². The summed E-state index contributed by atoms with van der Waals surface area (Å²) in [7, 11) is -1.96. The molecule has 1 aliphatic rings. The van der Waals surface area contributed by atoms with Crippen LogP contribution in [0.25, 0.3) is 0 Å². The van der Waals surface area contributed by atoms with Crippen molar-refractivity contribution in [2.45, 2.75) is 51.2 Å². The smallest absolute Gasteiger partial charge is 0.330 e. The number of hydrogen-bond acceptors (Lipinski definition) is 4. The van der Waals surface area contributed by atoms with Crippen LogP contribution in [0, 0.1) is 0 Å².